The van der Waals surface area contributed by atoms with Gasteiger partial charge in [-0.15, -0.1) is 0 Å². The van der Waals surface area contributed by atoms with E-state index in [0.29, 0.717) is 18.9 Å². The number of para-hydroxylation sites is 1. The number of benzene rings is 2. The van der Waals surface area contributed by atoms with Crippen LogP contribution in [0.5, 0.6) is 5.75 Å². The number of ether oxygens (including phenoxy) is 2. The Balaban J connectivity index is 1.35. The zero-order valence-electron chi connectivity index (χ0n) is 18.8. The minimum atomic E-state index is -0.192. The molecule has 0 aliphatic carbocycles. The Bertz CT molecular complexity index is 912. The predicted octanol–water partition coefficient (Wildman–Crippen LogP) is 4.27. The standard InChI is InChI=1S/C27H34N2O3/c30-26-14-6-7-15-27(28-26)20-29(18-24(27)21-9-2-1-3-10-21)17-22-11-4-5-13-25(22)32-19-23-12-8-16-31-23/h1-5,9-11,13,23-24H,6-8,12,14-20H2,(H,28,30)/t23-,24-,27+/m0/s1. The molecule has 3 saturated heterocycles. The minimum Gasteiger partial charge on any atom is -0.491 e. The summed E-state index contributed by atoms with van der Waals surface area (Å²) < 4.78 is 11.9. The predicted molar refractivity (Wildman–Crippen MR) is 125 cm³/mol. The first-order valence-corrected chi connectivity index (χ1v) is 12.1. The molecule has 170 valence electrons. The Morgan fingerprint density at radius 1 is 1.06 bits per heavy atom. The third kappa shape index (κ3) is 4.69. The monoisotopic (exact) mass is 434 g/mol. The minimum absolute atomic E-state index is 0.192. The van der Waals surface area contributed by atoms with Gasteiger partial charge in [-0.2, -0.15) is 0 Å². The molecule has 5 nitrogen and oxygen atoms in total. The summed E-state index contributed by atoms with van der Waals surface area (Å²) in [6.45, 7) is 4.09. The zero-order chi connectivity index (χ0) is 21.8. The molecule has 0 saturated carbocycles. The van der Waals surface area contributed by atoms with Crippen LogP contribution in [-0.2, 0) is 16.1 Å². The molecule has 3 aliphatic rings. The highest BCUT2D eigenvalue weighted by molar-refractivity contribution is 5.77. The van der Waals surface area contributed by atoms with Gasteiger partial charge in [-0.3, -0.25) is 9.69 Å². The first kappa shape index (κ1) is 21.5. The van der Waals surface area contributed by atoms with Crippen LogP contribution in [0.1, 0.15) is 55.6 Å². The molecular weight excluding hydrogens is 400 g/mol. The van der Waals surface area contributed by atoms with Crippen molar-refractivity contribution in [3.05, 3.63) is 65.7 Å². The summed E-state index contributed by atoms with van der Waals surface area (Å²) in [6.07, 6.45) is 6.16. The van der Waals surface area contributed by atoms with Gasteiger partial charge >= 0.3 is 0 Å². The van der Waals surface area contributed by atoms with Crippen LogP contribution in [0.4, 0.5) is 0 Å². The molecule has 2 aromatic carbocycles. The molecule has 2 aromatic rings. The number of nitrogens with one attached hydrogen (secondary N) is 1. The summed E-state index contributed by atoms with van der Waals surface area (Å²) >= 11 is 0. The van der Waals surface area contributed by atoms with Crippen molar-refractivity contribution in [1.82, 2.24) is 10.2 Å². The van der Waals surface area contributed by atoms with Gasteiger partial charge in [0.25, 0.3) is 0 Å². The van der Waals surface area contributed by atoms with Crippen LogP contribution in [0, 0.1) is 0 Å². The van der Waals surface area contributed by atoms with E-state index in [9.17, 15) is 4.79 Å². The van der Waals surface area contributed by atoms with E-state index in [0.717, 1.165) is 64.1 Å². The van der Waals surface area contributed by atoms with Gasteiger partial charge in [-0.25, -0.2) is 0 Å². The van der Waals surface area contributed by atoms with E-state index in [1.165, 1.54) is 11.1 Å². The number of rotatable bonds is 6. The summed E-state index contributed by atoms with van der Waals surface area (Å²) in [7, 11) is 0. The first-order valence-electron chi connectivity index (χ1n) is 12.1. The van der Waals surface area contributed by atoms with Crippen molar-refractivity contribution >= 4 is 5.91 Å². The molecular formula is C27H34N2O3. The Kier molecular flexibility index (Phi) is 6.47. The number of hydrogen-bond acceptors (Lipinski definition) is 4. The molecule has 5 heteroatoms. The summed E-state index contributed by atoms with van der Waals surface area (Å²) in [5.41, 5.74) is 2.33. The number of carbonyl (C=O) groups is 1. The Morgan fingerprint density at radius 2 is 1.91 bits per heavy atom. The van der Waals surface area contributed by atoms with Crippen molar-refractivity contribution in [3.63, 3.8) is 0 Å². The van der Waals surface area contributed by atoms with E-state index in [1.54, 1.807) is 0 Å². The number of nitrogens with zero attached hydrogens (tertiary/aromatic N) is 1. The van der Waals surface area contributed by atoms with E-state index in [1.807, 2.05) is 6.07 Å². The van der Waals surface area contributed by atoms with Crippen LogP contribution in [0.15, 0.2) is 54.6 Å². The van der Waals surface area contributed by atoms with Crippen molar-refractivity contribution < 1.29 is 14.3 Å². The van der Waals surface area contributed by atoms with E-state index in [-0.39, 0.29) is 17.6 Å². The Labute approximate surface area is 191 Å². The van der Waals surface area contributed by atoms with E-state index in [2.05, 4.69) is 58.7 Å². The first-order chi connectivity index (χ1) is 15.7. The van der Waals surface area contributed by atoms with Gasteiger partial charge in [0.05, 0.1) is 11.6 Å². The van der Waals surface area contributed by atoms with Gasteiger partial charge in [0.1, 0.15) is 12.4 Å². The summed E-state index contributed by atoms with van der Waals surface area (Å²) in [6, 6.07) is 19.1. The van der Waals surface area contributed by atoms with Gasteiger partial charge in [0.2, 0.25) is 5.91 Å². The highest BCUT2D eigenvalue weighted by Gasteiger charge is 2.48. The highest BCUT2D eigenvalue weighted by atomic mass is 16.5. The Morgan fingerprint density at radius 3 is 2.75 bits per heavy atom. The fourth-order valence-electron chi connectivity index (χ4n) is 5.72. The lowest BCUT2D eigenvalue weighted by Crippen LogP contribution is -2.52. The molecule has 0 radical (unpaired) electrons. The maximum Gasteiger partial charge on any atom is 0.220 e. The molecule has 5 rings (SSSR count). The van der Waals surface area contributed by atoms with Crippen LogP contribution in [0.3, 0.4) is 0 Å². The summed E-state index contributed by atoms with van der Waals surface area (Å²) in [5, 5.41) is 3.47. The van der Waals surface area contributed by atoms with Gasteiger partial charge in [-0.1, -0.05) is 55.0 Å². The maximum absolute atomic E-state index is 12.6. The van der Waals surface area contributed by atoms with Gasteiger partial charge < -0.3 is 14.8 Å². The fraction of sp³-hybridized carbons (Fsp3) is 0.519. The van der Waals surface area contributed by atoms with Crippen LogP contribution < -0.4 is 10.1 Å². The molecule has 0 aromatic heterocycles. The molecule has 0 unspecified atom stereocenters. The van der Waals surface area contributed by atoms with Gasteiger partial charge in [0, 0.05) is 44.1 Å². The second-order valence-electron chi connectivity index (χ2n) is 9.60. The highest BCUT2D eigenvalue weighted by Crippen LogP contribution is 2.41. The normalized spacial score (nSPS) is 28.6. The third-order valence-corrected chi connectivity index (χ3v) is 7.30. The van der Waals surface area contributed by atoms with Crippen LogP contribution in [-0.4, -0.2) is 48.8 Å². The lowest BCUT2D eigenvalue weighted by atomic mass is 9.79. The number of amides is 1. The molecule has 3 aliphatic heterocycles. The van der Waals surface area contributed by atoms with E-state index < -0.39 is 0 Å². The van der Waals surface area contributed by atoms with Gasteiger partial charge in [-0.05, 0) is 37.3 Å². The smallest absolute Gasteiger partial charge is 0.220 e. The summed E-state index contributed by atoms with van der Waals surface area (Å²) in [4.78, 5) is 15.1. The lowest BCUT2D eigenvalue weighted by molar-refractivity contribution is -0.122. The van der Waals surface area contributed by atoms with Crippen LogP contribution in [0.2, 0.25) is 0 Å². The van der Waals surface area contributed by atoms with Gasteiger partial charge in [0.15, 0.2) is 0 Å². The average molecular weight is 435 g/mol. The van der Waals surface area contributed by atoms with E-state index in [4.69, 9.17) is 9.47 Å². The number of likely N-dealkylation sites (tertiary alicyclic amines) is 1. The van der Waals surface area contributed by atoms with Crippen LogP contribution >= 0.6 is 0 Å². The number of carbonyl (C=O) groups excluding carboxylic acids is 1. The van der Waals surface area contributed by atoms with Crippen molar-refractivity contribution in [2.24, 2.45) is 0 Å². The zero-order valence-corrected chi connectivity index (χ0v) is 18.8. The molecule has 3 fully saturated rings. The van der Waals surface area contributed by atoms with Crippen molar-refractivity contribution in [1.29, 1.82) is 0 Å². The third-order valence-electron chi connectivity index (χ3n) is 7.30. The fourth-order valence-corrected chi connectivity index (χ4v) is 5.72. The quantitative estimate of drug-likeness (QED) is 0.738. The maximum atomic E-state index is 12.6. The summed E-state index contributed by atoms with van der Waals surface area (Å²) in [5.74, 6) is 1.45. The largest absolute Gasteiger partial charge is 0.491 e. The number of hydrogen-bond donors (Lipinski definition) is 1. The molecule has 0 bridgehead atoms. The topological polar surface area (TPSA) is 50.8 Å². The molecule has 1 spiro atoms. The Hall–Kier alpha value is -2.37. The molecule has 1 amide bonds. The second kappa shape index (κ2) is 9.63. The van der Waals surface area contributed by atoms with Crippen LogP contribution in [0.25, 0.3) is 0 Å². The SMILES string of the molecule is O=C1CCCC[C@]2(CN(Cc3ccccc3OC[C@@H]3CCCO3)C[C@H]2c2ccccc2)N1. The molecule has 3 atom stereocenters. The average Bonchev–Trinajstić information content (AvgIpc) is 3.40. The van der Waals surface area contributed by atoms with Crippen molar-refractivity contribution in [2.75, 3.05) is 26.3 Å². The van der Waals surface area contributed by atoms with E-state index >= 15 is 0 Å². The molecule has 32 heavy (non-hydrogen) atoms. The molecule has 1 N–H and O–H groups in total. The van der Waals surface area contributed by atoms with Crippen molar-refractivity contribution in [2.45, 2.75) is 62.6 Å². The second-order valence-corrected chi connectivity index (χ2v) is 9.60. The van der Waals surface area contributed by atoms with Crippen molar-refractivity contribution in [3.8, 4) is 5.75 Å². The lowest BCUT2D eigenvalue weighted by Gasteiger charge is -2.35. The molecule has 3 heterocycles.